The molecule has 3 N–H and O–H groups in total. The van der Waals surface area contributed by atoms with E-state index in [1.54, 1.807) is 12.1 Å². The Hall–Kier alpha value is -1.74. The van der Waals surface area contributed by atoms with E-state index >= 15 is 0 Å². The van der Waals surface area contributed by atoms with Crippen LogP contribution in [0.1, 0.15) is 35.0 Å². The van der Waals surface area contributed by atoms with Gasteiger partial charge >= 0.3 is 0 Å². The first kappa shape index (κ1) is 19.0. The smallest absolute Gasteiger partial charge is 0.251 e. The summed E-state index contributed by atoms with van der Waals surface area (Å²) in [5.74, 6) is -0.167. The molecule has 1 aromatic carbocycles. The number of sulfonamides is 1. The third-order valence-corrected chi connectivity index (χ3v) is 6.70. The number of hydrogen-bond acceptors (Lipinski definition) is 5. The summed E-state index contributed by atoms with van der Waals surface area (Å²) < 4.78 is 27.3. The Balaban J connectivity index is 1.61. The van der Waals surface area contributed by atoms with Crippen LogP contribution in [0.15, 0.2) is 46.7 Å². The lowest BCUT2D eigenvalue weighted by Gasteiger charge is -2.28. The number of nitrogens with one attached hydrogen (secondary N) is 3. The van der Waals surface area contributed by atoms with Crippen LogP contribution in [0.25, 0.3) is 0 Å². The molecular weight excluding hydrogens is 370 g/mol. The van der Waals surface area contributed by atoms with E-state index in [1.165, 1.54) is 23.5 Å². The van der Waals surface area contributed by atoms with Crippen LogP contribution < -0.4 is 15.4 Å². The van der Waals surface area contributed by atoms with E-state index < -0.39 is 10.0 Å². The van der Waals surface area contributed by atoms with Gasteiger partial charge in [0.15, 0.2) is 0 Å². The minimum atomic E-state index is -3.60. The van der Waals surface area contributed by atoms with Crippen LogP contribution in [-0.2, 0) is 16.6 Å². The van der Waals surface area contributed by atoms with Crippen molar-refractivity contribution in [2.24, 2.45) is 0 Å². The SMILES string of the molecule is CC1CC(NC(=O)c2ccc(S(=O)(=O)NCc3cccs3)cc2)CCN1. The number of rotatable bonds is 6. The summed E-state index contributed by atoms with van der Waals surface area (Å²) in [4.78, 5) is 13.5. The number of hydrogen-bond donors (Lipinski definition) is 3. The Morgan fingerprint density at radius 3 is 2.69 bits per heavy atom. The summed E-state index contributed by atoms with van der Waals surface area (Å²) in [6.45, 7) is 3.25. The quantitative estimate of drug-likeness (QED) is 0.701. The second kappa shape index (κ2) is 8.30. The summed E-state index contributed by atoms with van der Waals surface area (Å²) >= 11 is 1.50. The van der Waals surface area contributed by atoms with Gasteiger partial charge < -0.3 is 10.6 Å². The third-order valence-electron chi connectivity index (χ3n) is 4.40. The molecule has 2 atom stereocenters. The van der Waals surface area contributed by atoms with Crippen LogP contribution in [0.4, 0.5) is 0 Å². The highest BCUT2D eigenvalue weighted by Crippen LogP contribution is 2.14. The van der Waals surface area contributed by atoms with E-state index in [9.17, 15) is 13.2 Å². The molecule has 0 bridgehead atoms. The molecule has 3 rings (SSSR count). The van der Waals surface area contributed by atoms with Gasteiger partial charge in [0.1, 0.15) is 0 Å². The monoisotopic (exact) mass is 393 g/mol. The molecule has 1 aliphatic rings. The Morgan fingerprint density at radius 2 is 2.04 bits per heavy atom. The average Bonchev–Trinajstić information content (AvgIpc) is 3.14. The van der Waals surface area contributed by atoms with Gasteiger partial charge in [-0.25, -0.2) is 13.1 Å². The molecule has 1 amide bonds. The van der Waals surface area contributed by atoms with E-state index in [1.807, 2.05) is 17.5 Å². The third kappa shape index (κ3) is 4.91. The molecule has 1 aliphatic heterocycles. The second-order valence-corrected chi connectivity index (χ2v) is 9.28. The number of amides is 1. The molecule has 1 fully saturated rings. The van der Waals surface area contributed by atoms with E-state index in [2.05, 4.69) is 22.3 Å². The Morgan fingerprint density at radius 1 is 1.27 bits per heavy atom. The molecule has 0 spiro atoms. The molecule has 2 aromatic rings. The molecule has 26 heavy (non-hydrogen) atoms. The predicted octanol–water partition coefficient (Wildman–Crippen LogP) is 2.10. The fourth-order valence-corrected chi connectivity index (χ4v) is 4.72. The Labute approximate surface area is 158 Å². The standard InChI is InChI=1S/C18H23N3O3S2/c1-13-11-15(8-9-19-13)21-18(22)14-4-6-17(7-5-14)26(23,24)20-12-16-3-2-10-25-16/h2-7,10,13,15,19-20H,8-9,11-12H2,1H3,(H,21,22). The van der Waals surface area contributed by atoms with Crippen molar-refractivity contribution >= 4 is 27.3 Å². The summed E-state index contributed by atoms with van der Waals surface area (Å²) in [6, 6.07) is 10.3. The minimum absolute atomic E-state index is 0.148. The van der Waals surface area contributed by atoms with Gasteiger partial charge in [0.25, 0.3) is 5.91 Å². The zero-order valence-electron chi connectivity index (χ0n) is 14.6. The normalized spacial score (nSPS) is 20.7. The van der Waals surface area contributed by atoms with Crippen molar-refractivity contribution in [2.75, 3.05) is 6.54 Å². The van der Waals surface area contributed by atoms with E-state index in [0.717, 1.165) is 24.3 Å². The fraction of sp³-hybridized carbons (Fsp3) is 0.389. The highest BCUT2D eigenvalue weighted by molar-refractivity contribution is 7.89. The van der Waals surface area contributed by atoms with Crippen LogP contribution in [0.2, 0.25) is 0 Å². The number of carbonyl (C=O) groups is 1. The first-order valence-electron chi connectivity index (χ1n) is 8.60. The number of carbonyl (C=O) groups excluding carboxylic acids is 1. The van der Waals surface area contributed by atoms with Crippen molar-refractivity contribution < 1.29 is 13.2 Å². The summed E-state index contributed by atoms with van der Waals surface area (Å²) in [6.07, 6.45) is 1.79. The molecule has 8 heteroatoms. The van der Waals surface area contributed by atoms with E-state index in [0.29, 0.717) is 11.6 Å². The van der Waals surface area contributed by atoms with Crippen LogP contribution in [-0.4, -0.2) is 33.0 Å². The molecule has 0 radical (unpaired) electrons. The van der Waals surface area contributed by atoms with Gasteiger partial charge in [0.2, 0.25) is 10.0 Å². The molecule has 0 aliphatic carbocycles. The molecule has 1 saturated heterocycles. The summed E-state index contributed by atoms with van der Waals surface area (Å²) in [5.41, 5.74) is 0.466. The van der Waals surface area contributed by atoms with Gasteiger partial charge in [-0.3, -0.25) is 4.79 Å². The van der Waals surface area contributed by atoms with Crippen molar-refractivity contribution in [1.29, 1.82) is 0 Å². The van der Waals surface area contributed by atoms with Gasteiger partial charge in [0, 0.05) is 29.1 Å². The van der Waals surface area contributed by atoms with Crippen LogP contribution >= 0.6 is 11.3 Å². The number of thiophene rings is 1. The zero-order valence-corrected chi connectivity index (χ0v) is 16.2. The second-order valence-electron chi connectivity index (χ2n) is 6.48. The van der Waals surface area contributed by atoms with Crippen molar-refractivity contribution in [3.05, 3.63) is 52.2 Å². The Bertz CT molecular complexity index is 833. The zero-order chi connectivity index (χ0) is 18.6. The molecule has 140 valence electrons. The van der Waals surface area contributed by atoms with Crippen molar-refractivity contribution in [2.45, 2.75) is 43.3 Å². The van der Waals surface area contributed by atoms with Gasteiger partial charge in [0.05, 0.1) is 4.90 Å². The van der Waals surface area contributed by atoms with Gasteiger partial charge in [-0.15, -0.1) is 11.3 Å². The summed E-state index contributed by atoms with van der Waals surface area (Å²) in [5, 5.41) is 8.27. The van der Waals surface area contributed by atoms with Crippen LogP contribution in [0.5, 0.6) is 0 Å². The lowest BCUT2D eigenvalue weighted by molar-refractivity contribution is 0.0925. The minimum Gasteiger partial charge on any atom is -0.349 e. The summed E-state index contributed by atoms with van der Waals surface area (Å²) in [7, 11) is -3.60. The maximum Gasteiger partial charge on any atom is 0.251 e. The largest absolute Gasteiger partial charge is 0.349 e. The highest BCUT2D eigenvalue weighted by Gasteiger charge is 2.21. The molecule has 2 heterocycles. The van der Waals surface area contributed by atoms with E-state index in [4.69, 9.17) is 0 Å². The number of piperidine rings is 1. The highest BCUT2D eigenvalue weighted by atomic mass is 32.2. The molecular formula is C18H23N3O3S2. The first-order chi connectivity index (χ1) is 12.4. The topological polar surface area (TPSA) is 87.3 Å². The maximum atomic E-state index is 12.4. The maximum absolute atomic E-state index is 12.4. The lowest BCUT2D eigenvalue weighted by atomic mass is 10.0. The lowest BCUT2D eigenvalue weighted by Crippen LogP contribution is -2.46. The van der Waals surface area contributed by atoms with Crippen molar-refractivity contribution in [3.63, 3.8) is 0 Å². The molecule has 0 saturated carbocycles. The number of benzene rings is 1. The average molecular weight is 394 g/mol. The predicted molar refractivity (Wildman–Crippen MR) is 103 cm³/mol. The van der Waals surface area contributed by atoms with E-state index in [-0.39, 0.29) is 23.4 Å². The van der Waals surface area contributed by atoms with Gasteiger partial charge in [-0.05, 0) is 62.0 Å². The molecule has 6 nitrogen and oxygen atoms in total. The van der Waals surface area contributed by atoms with Crippen molar-refractivity contribution in [3.8, 4) is 0 Å². The van der Waals surface area contributed by atoms with Gasteiger partial charge in [-0.1, -0.05) is 6.07 Å². The van der Waals surface area contributed by atoms with Crippen LogP contribution in [0.3, 0.4) is 0 Å². The van der Waals surface area contributed by atoms with Gasteiger partial charge in [-0.2, -0.15) is 0 Å². The first-order valence-corrected chi connectivity index (χ1v) is 11.0. The van der Waals surface area contributed by atoms with Crippen LogP contribution in [0, 0.1) is 0 Å². The molecule has 1 aromatic heterocycles. The fourth-order valence-electron chi connectivity index (χ4n) is 2.98. The Kier molecular flexibility index (Phi) is 6.08. The molecule has 2 unspecified atom stereocenters. The van der Waals surface area contributed by atoms with Crippen molar-refractivity contribution in [1.82, 2.24) is 15.4 Å².